The van der Waals surface area contributed by atoms with Crippen molar-refractivity contribution >= 4 is 40.6 Å². The standard InChI is InChI=1S/C20H19ClN2O7/c1-20(2,17(24)11-30-14-6-3-12(4-7-14)19(26)27)10-18(25)22-16-9-13(23(28)29)5-8-15(16)21/h3-9H,10-11H2,1-2H3,(H,22,25)(H,26,27). The molecule has 158 valence electrons. The van der Waals surface area contributed by atoms with Crippen LogP contribution in [0.3, 0.4) is 0 Å². The number of hydrogen-bond acceptors (Lipinski definition) is 6. The van der Waals surface area contributed by atoms with Crippen LogP contribution in [0.4, 0.5) is 11.4 Å². The molecule has 1 amide bonds. The molecule has 2 rings (SSSR count). The number of hydrogen-bond donors (Lipinski definition) is 2. The predicted octanol–water partition coefficient (Wildman–Crippen LogP) is 3.95. The Labute approximate surface area is 176 Å². The number of ether oxygens (including phenoxy) is 1. The Morgan fingerprint density at radius 1 is 1.17 bits per heavy atom. The minimum atomic E-state index is -1.09. The van der Waals surface area contributed by atoms with Gasteiger partial charge in [-0.3, -0.25) is 19.7 Å². The number of non-ortho nitro benzene ring substituents is 1. The Morgan fingerprint density at radius 2 is 1.80 bits per heavy atom. The Kier molecular flexibility index (Phi) is 7.12. The van der Waals surface area contributed by atoms with Crippen molar-refractivity contribution in [3.05, 3.63) is 63.2 Å². The van der Waals surface area contributed by atoms with Gasteiger partial charge in [0, 0.05) is 24.0 Å². The quantitative estimate of drug-likeness (QED) is 0.450. The van der Waals surface area contributed by atoms with Crippen LogP contribution < -0.4 is 10.1 Å². The number of amides is 1. The second-order valence-electron chi connectivity index (χ2n) is 7.07. The van der Waals surface area contributed by atoms with E-state index in [1.807, 2.05) is 0 Å². The normalized spacial score (nSPS) is 10.9. The number of Topliss-reactive ketones (excluding diaryl/α,β-unsaturated/α-hetero) is 1. The molecule has 0 radical (unpaired) electrons. The molecule has 0 aliphatic carbocycles. The van der Waals surface area contributed by atoms with Crippen molar-refractivity contribution in [1.82, 2.24) is 0 Å². The van der Waals surface area contributed by atoms with Crippen LogP contribution in [0.15, 0.2) is 42.5 Å². The number of carbonyl (C=O) groups is 3. The van der Waals surface area contributed by atoms with Crippen LogP contribution in [0, 0.1) is 15.5 Å². The highest BCUT2D eigenvalue weighted by Crippen LogP contribution is 2.29. The van der Waals surface area contributed by atoms with Gasteiger partial charge in [-0.05, 0) is 30.3 Å². The third-order valence-corrected chi connectivity index (χ3v) is 4.59. The van der Waals surface area contributed by atoms with Gasteiger partial charge in [0.05, 0.1) is 21.2 Å². The molecule has 0 saturated heterocycles. The van der Waals surface area contributed by atoms with Crippen LogP contribution in [-0.4, -0.2) is 34.3 Å². The fourth-order valence-corrected chi connectivity index (χ4v) is 2.62. The van der Waals surface area contributed by atoms with Crippen LogP contribution in [-0.2, 0) is 9.59 Å². The number of nitro groups is 1. The van der Waals surface area contributed by atoms with Crippen molar-refractivity contribution < 1.29 is 29.2 Å². The number of rotatable bonds is 9. The van der Waals surface area contributed by atoms with Crippen molar-refractivity contribution in [3.63, 3.8) is 0 Å². The third-order valence-electron chi connectivity index (χ3n) is 4.26. The number of nitro benzene ring substituents is 1. The summed E-state index contributed by atoms with van der Waals surface area (Å²) in [5, 5.41) is 22.4. The summed E-state index contributed by atoms with van der Waals surface area (Å²) in [6, 6.07) is 9.22. The minimum Gasteiger partial charge on any atom is -0.486 e. The van der Waals surface area contributed by atoms with E-state index in [0.717, 1.165) is 6.07 Å². The van der Waals surface area contributed by atoms with E-state index in [4.69, 9.17) is 21.4 Å². The lowest BCUT2D eigenvalue weighted by atomic mass is 9.84. The highest BCUT2D eigenvalue weighted by Gasteiger charge is 2.31. The van der Waals surface area contributed by atoms with E-state index in [-0.39, 0.29) is 40.8 Å². The van der Waals surface area contributed by atoms with Crippen LogP contribution >= 0.6 is 11.6 Å². The summed E-state index contributed by atoms with van der Waals surface area (Å²) >= 11 is 5.97. The lowest BCUT2D eigenvalue weighted by Crippen LogP contribution is -2.33. The van der Waals surface area contributed by atoms with Gasteiger partial charge in [-0.2, -0.15) is 0 Å². The first-order chi connectivity index (χ1) is 14.0. The molecule has 0 aromatic heterocycles. The van der Waals surface area contributed by atoms with Gasteiger partial charge in [-0.15, -0.1) is 0 Å². The van der Waals surface area contributed by atoms with E-state index in [0.29, 0.717) is 5.75 Å². The number of nitrogens with zero attached hydrogens (tertiary/aromatic N) is 1. The van der Waals surface area contributed by atoms with Gasteiger partial charge in [0.2, 0.25) is 5.91 Å². The van der Waals surface area contributed by atoms with Gasteiger partial charge >= 0.3 is 5.97 Å². The molecule has 0 unspecified atom stereocenters. The third kappa shape index (κ3) is 6.02. The molecular weight excluding hydrogens is 416 g/mol. The predicted molar refractivity (Wildman–Crippen MR) is 109 cm³/mol. The first-order valence-electron chi connectivity index (χ1n) is 8.73. The Hall–Kier alpha value is -3.46. The fourth-order valence-electron chi connectivity index (χ4n) is 2.45. The molecule has 0 heterocycles. The van der Waals surface area contributed by atoms with Crippen LogP contribution in [0.25, 0.3) is 0 Å². The maximum Gasteiger partial charge on any atom is 0.335 e. The molecule has 2 N–H and O–H groups in total. The molecule has 0 aliphatic heterocycles. The van der Waals surface area contributed by atoms with Gasteiger partial charge in [0.25, 0.3) is 5.69 Å². The Morgan fingerprint density at radius 3 is 2.37 bits per heavy atom. The second-order valence-corrected chi connectivity index (χ2v) is 7.48. The highest BCUT2D eigenvalue weighted by atomic mass is 35.5. The number of nitrogens with one attached hydrogen (secondary N) is 1. The Bertz CT molecular complexity index is 987. The van der Waals surface area contributed by atoms with Gasteiger partial charge in [0.15, 0.2) is 5.78 Å². The van der Waals surface area contributed by atoms with E-state index >= 15 is 0 Å². The van der Waals surface area contributed by atoms with Crippen molar-refractivity contribution in [2.75, 3.05) is 11.9 Å². The zero-order chi connectivity index (χ0) is 22.5. The van der Waals surface area contributed by atoms with E-state index in [2.05, 4.69) is 5.32 Å². The van der Waals surface area contributed by atoms with Crippen molar-refractivity contribution in [1.29, 1.82) is 0 Å². The van der Waals surface area contributed by atoms with Crippen molar-refractivity contribution in [3.8, 4) is 5.75 Å². The monoisotopic (exact) mass is 434 g/mol. The van der Waals surface area contributed by atoms with Gasteiger partial charge in [0.1, 0.15) is 12.4 Å². The molecule has 2 aromatic carbocycles. The summed E-state index contributed by atoms with van der Waals surface area (Å²) in [5.74, 6) is -1.66. The average Bonchev–Trinajstić information content (AvgIpc) is 2.67. The number of anilines is 1. The number of carboxylic acids is 1. The molecular formula is C20H19ClN2O7. The topological polar surface area (TPSA) is 136 Å². The summed E-state index contributed by atoms with van der Waals surface area (Å²) in [6.45, 7) is 2.83. The first-order valence-corrected chi connectivity index (χ1v) is 9.10. The fraction of sp³-hybridized carbons (Fsp3) is 0.250. The lowest BCUT2D eigenvalue weighted by molar-refractivity contribution is -0.384. The second kappa shape index (κ2) is 9.36. The van der Waals surface area contributed by atoms with Crippen LogP contribution in [0.5, 0.6) is 5.75 Å². The number of halogens is 1. The molecule has 0 atom stereocenters. The largest absolute Gasteiger partial charge is 0.486 e. The molecule has 0 bridgehead atoms. The van der Waals surface area contributed by atoms with Gasteiger partial charge in [-0.1, -0.05) is 25.4 Å². The summed E-state index contributed by atoms with van der Waals surface area (Å²) in [7, 11) is 0. The molecule has 10 heteroatoms. The summed E-state index contributed by atoms with van der Waals surface area (Å²) in [5.41, 5.74) is -1.15. The van der Waals surface area contributed by atoms with Gasteiger partial charge < -0.3 is 15.2 Å². The molecule has 30 heavy (non-hydrogen) atoms. The SMILES string of the molecule is CC(C)(CC(=O)Nc1cc([N+](=O)[O-])ccc1Cl)C(=O)COc1ccc(C(=O)O)cc1. The maximum atomic E-state index is 12.5. The van der Waals surface area contributed by atoms with Crippen molar-refractivity contribution in [2.45, 2.75) is 20.3 Å². The lowest BCUT2D eigenvalue weighted by Gasteiger charge is -2.22. The highest BCUT2D eigenvalue weighted by molar-refractivity contribution is 6.33. The number of ketones is 1. The zero-order valence-electron chi connectivity index (χ0n) is 16.2. The summed E-state index contributed by atoms with van der Waals surface area (Å²) in [4.78, 5) is 46.0. The Balaban J connectivity index is 1.97. The summed E-state index contributed by atoms with van der Waals surface area (Å²) in [6.07, 6.45) is -0.202. The maximum absolute atomic E-state index is 12.5. The number of carbonyl (C=O) groups excluding carboxylic acids is 2. The van der Waals surface area contributed by atoms with E-state index in [1.165, 1.54) is 36.4 Å². The van der Waals surface area contributed by atoms with Crippen LogP contribution in [0.1, 0.15) is 30.6 Å². The van der Waals surface area contributed by atoms with E-state index in [1.54, 1.807) is 13.8 Å². The van der Waals surface area contributed by atoms with Crippen molar-refractivity contribution in [2.24, 2.45) is 5.41 Å². The minimum absolute atomic E-state index is 0.0777. The summed E-state index contributed by atoms with van der Waals surface area (Å²) < 4.78 is 5.38. The van der Waals surface area contributed by atoms with Gasteiger partial charge in [-0.25, -0.2) is 4.79 Å². The number of carboxylic acid groups (broad SMARTS) is 1. The first kappa shape index (κ1) is 22.8. The van der Waals surface area contributed by atoms with E-state index < -0.39 is 22.2 Å². The van der Waals surface area contributed by atoms with E-state index in [9.17, 15) is 24.5 Å². The molecule has 0 aliphatic rings. The molecule has 0 spiro atoms. The average molecular weight is 435 g/mol. The molecule has 0 fully saturated rings. The number of aromatic carboxylic acids is 1. The zero-order valence-corrected chi connectivity index (χ0v) is 16.9. The molecule has 2 aromatic rings. The number of benzene rings is 2. The smallest absolute Gasteiger partial charge is 0.335 e. The molecule has 0 saturated carbocycles. The van der Waals surface area contributed by atoms with Crippen LogP contribution in [0.2, 0.25) is 5.02 Å². The molecule has 9 nitrogen and oxygen atoms in total.